The summed E-state index contributed by atoms with van der Waals surface area (Å²) in [5.74, 6) is -1.78. The van der Waals surface area contributed by atoms with Crippen molar-refractivity contribution in [2.75, 3.05) is 5.32 Å². The third kappa shape index (κ3) is 6.08. The lowest BCUT2D eigenvalue weighted by Gasteiger charge is -2.15. The lowest BCUT2D eigenvalue weighted by molar-refractivity contribution is -0.138. The van der Waals surface area contributed by atoms with Crippen LogP contribution in [-0.2, 0) is 21.2 Å². The van der Waals surface area contributed by atoms with Gasteiger partial charge in [-0.1, -0.05) is 53.5 Å². The summed E-state index contributed by atoms with van der Waals surface area (Å²) in [6, 6.07) is 17.1. The number of hydrogen-bond acceptors (Lipinski definition) is 4. The maximum Gasteiger partial charge on any atom is 0.322 e. The van der Waals surface area contributed by atoms with Crippen LogP contribution in [0.15, 0.2) is 77.7 Å². The Morgan fingerprint density at radius 3 is 2.19 bits per heavy atom. The molecule has 0 unspecified atom stereocenters. The molecule has 3 N–H and O–H groups in total. The predicted molar refractivity (Wildman–Crippen MR) is 123 cm³/mol. The standard InChI is InChI=1S/C22H18Cl2N2O5S/c23-15-6-11-18(19(24)13-15)21(27)25-16-7-9-17(10-8-16)32(30,31)26-20(22(28)29)12-14-4-2-1-3-5-14/h1-11,13,20,26H,12H2,(H,25,27)(H,28,29)/t20-/m0/s1. The van der Waals surface area contributed by atoms with Gasteiger partial charge in [0.25, 0.3) is 5.91 Å². The Balaban J connectivity index is 1.72. The number of hydrogen-bond donors (Lipinski definition) is 3. The number of aliphatic carboxylic acids is 1. The first-order valence-corrected chi connectivity index (χ1v) is 11.5. The van der Waals surface area contributed by atoms with Gasteiger partial charge in [0.15, 0.2) is 0 Å². The molecule has 3 aromatic rings. The molecule has 32 heavy (non-hydrogen) atoms. The zero-order chi connectivity index (χ0) is 23.3. The lowest BCUT2D eigenvalue weighted by Crippen LogP contribution is -2.42. The summed E-state index contributed by atoms with van der Waals surface area (Å²) in [4.78, 5) is 23.8. The highest BCUT2D eigenvalue weighted by Gasteiger charge is 2.25. The summed E-state index contributed by atoms with van der Waals surface area (Å²) in [6.07, 6.45) is -0.00854. The zero-order valence-corrected chi connectivity index (χ0v) is 18.8. The van der Waals surface area contributed by atoms with Crippen LogP contribution in [0.25, 0.3) is 0 Å². The molecule has 0 heterocycles. The number of carbonyl (C=O) groups is 2. The van der Waals surface area contributed by atoms with Crippen LogP contribution in [0.1, 0.15) is 15.9 Å². The molecule has 0 saturated heterocycles. The Morgan fingerprint density at radius 2 is 1.59 bits per heavy atom. The maximum atomic E-state index is 12.7. The largest absolute Gasteiger partial charge is 0.480 e. The number of benzene rings is 3. The van der Waals surface area contributed by atoms with Gasteiger partial charge in [-0.3, -0.25) is 9.59 Å². The average Bonchev–Trinajstić information content (AvgIpc) is 2.74. The summed E-state index contributed by atoms with van der Waals surface area (Å²) in [7, 11) is -4.11. The molecule has 0 bridgehead atoms. The van der Waals surface area contributed by atoms with Gasteiger partial charge in [0.2, 0.25) is 10.0 Å². The summed E-state index contributed by atoms with van der Waals surface area (Å²) in [5, 5.41) is 12.6. The van der Waals surface area contributed by atoms with Crippen LogP contribution < -0.4 is 10.0 Å². The van der Waals surface area contributed by atoms with E-state index in [2.05, 4.69) is 10.0 Å². The molecule has 0 fully saturated rings. The van der Waals surface area contributed by atoms with Gasteiger partial charge in [-0.05, 0) is 54.4 Å². The van der Waals surface area contributed by atoms with Crippen LogP contribution >= 0.6 is 23.2 Å². The summed E-state index contributed by atoms with van der Waals surface area (Å²) < 4.78 is 27.6. The SMILES string of the molecule is O=C(Nc1ccc(S(=O)(=O)N[C@@H](Cc2ccccc2)C(=O)O)cc1)c1ccc(Cl)cc1Cl. The minimum atomic E-state index is -4.11. The molecule has 3 rings (SSSR count). The Kier molecular flexibility index (Phi) is 7.52. The molecule has 7 nitrogen and oxygen atoms in total. The van der Waals surface area contributed by atoms with E-state index in [0.717, 1.165) is 0 Å². The second kappa shape index (κ2) is 10.1. The van der Waals surface area contributed by atoms with Gasteiger partial charge in [0, 0.05) is 10.7 Å². The Labute approximate surface area is 195 Å². The van der Waals surface area contributed by atoms with Crippen LogP contribution in [0.3, 0.4) is 0 Å². The van der Waals surface area contributed by atoms with Crippen LogP contribution in [0.5, 0.6) is 0 Å². The summed E-state index contributed by atoms with van der Waals surface area (Å²) in [6.45, 7) is 0. The normalized spacial score (nSPS) is 12.2. The van der Waals surface area contributed by atoms with Crippen molar-refractivity contribution >= 4 is 50.8 Å². The number of anilines is 1. The molecule has 10 heteroatoms. The van der Waals surface area contributed by atoms with Gasteiger partial charge in [-0.25, -0.2) is 8.42 Å². The van der Waals surface area contributed by atoms with Crippen molar-refractivity contribution in [3.8, 4) is 0 Å². The number of carbonyl (C=O) groups excluding carboxylic acids is 1. The first-order chi connectivity index (χ1) is 15.2. The fourth-order valence-corrected chi connectivity index (χ4v) is 4.56. The minimum Gasteiger partial charge on any atom is -0.480 e. The van der Waals surface area contributed by atoms with Crippen molar-refractivity contribution in [2.24, 2.45) is 0 Å². The number of carboxylic acid groups (broad SMARTS) is 1. The minimum absolute atomic E-state index is 0.00854. The predicted octanol–water partition coefficient (Wildman–Crippen LogP) is 4.22. The molecular formula is C22H18Cl2N2O5S. The second-order valence-electron chi connectivity index (χ2n) is 6.80. The Hall–Kier alpha value is -2.91. The molecule has 0 aromatic heterocycles. The molecule has 0 spiro atoms. The number of carboxylic acids is 1. The van der Waals surface area contributed by atoms with Crippen LogP contribution in [-0.4, -0.2) is 31.4 Å². The number of halogens is 2. The average molecular weight is 493 g/mol. The van der Waals surface area contributed by atoms with E-state index < -0.39 is 27.9 Å². The van der Waals surface area contributed by atoms with E-state index in [1.165, 1.54) is 42.5 Å². The molecule has 0 saturated carbocycles. The van der Waals surface area contributed by atoms with Crippen molar-refractivity contribution in [1.29, 1.82) is 0 Å². The highest BCUT2D eigenvalue weighted by molar-refractivity contribution is 7.89. The topological polar surface area (TPSA) is 113 Å². The number of amides is 1. The van der Waals surface area contributed by atoms with Crippen molar-refractivity contribution in [2.45, 2.75) is 17.4 Å². The molecule has 0 aliphatic rings. The van der Waals surface area contributed by atoms with E-state index in [-0.39, 0.29) is 21.9 Å². The number of sulfonamides is 1. The van der Waals surface area contributed by atoms with Gasteiger partial charge in [0.1, 0.15) is 6.04 Å². The number of nitrogens with one attached hydrogen (secondary N) is 2. The molecule has 0 aliphatic carbocycles. The fourth-order valence-electron chi connectivity index (χ4n) is 2.87. The van der Waals surface area contributed by atoms with E-state index in [0.29, 0.717) is 16.3 Å². The van der Waals surface area contributed by atoms with Crippen LogP contribution in [0.2, 0.25) is 10.0 Å². The van der Waals surface area contributed by atoms with E-state index >= 15 is 0 Å². The van der Waals surface area contributed by atoms with Gasteiger partial charge in [-0.15, -0.1) is 0 Å². The highest BCUT2D eigenvalue weighted by Crippen LogP contribution is 2.22. The van der Waals surface area contributed by atoms with E-state index in [4.69, 9.17) is 23.2 Å². The second-order valence-corrected chi connectivity index (χ2v) is 9.36. The fraction of sp³-hybridized carbons (Fsp3) is 0.0909. The van der Waals surface area contributed by atoms with Crippen molar-refractivity contribution in [1.82, 2.24) is 4.72 Å². The molecule has 0 radical (unpaired) electrons. The van der Waals surface area contributed by atoms with Gasteiger partial charge in [-0.2, -0.15) is 4.72 Å². The quantitative estimate of drug-likeness (QED) is 0.435. The Morgan fingerprint density at radius 1 is 0.938 bits per heavy atom. The Bertz CT molecular complexity index is 1230. The molecule has 3 aromatic carbocycles. The van der Waals surface area contributed by atoms with E-state index in [1.54, 1.807) is 30.3 Å². The third-order valence-corrected chi connectivity index (χ3v) is 6.51. The van der Waals surface area contributed by atoms with Crippen LogP contribution in [0, 0.1) is 0 Å². The van der Waals surface area contributed by atoms with Crippen LogP contribution in [0.4, 0.5) is 5.69 Å². The zero-order valence-electron chi connectivity index (χ0n) is 16.5. The summed E-state index contributed by atoms with van der Waals surface area (Å²) in [5.41, 5.74) is 1.22. The van der Waals surface area contributed by atoms with Gasteiger partial charge < -0.3 is 10.4 Å². The molecular weight excluding hydrogens is 475 g/mol. The highest BCUT2D eigenvalue weighted by atomic mass is 35.5. The van der Waals surface area contributed by atoms with Gasteiger partial charge in [0.05, 0.1) is 15.5 Å². The van der Waals surface area contributed by atoms with Crippen molar-refractivity contribution in [3.63, 3.8) is 0 Å². The van der Waals surface area contributed by atoms with Gasteiger partial charge >= 0.3 is 5.97 Å². The number of rotatable bonds is 8. The smallest absolute Gasteiger partial charge is 0.322 e. The van der Waals surface area contributed by atoms with Crippen molar-refractivity contribution in [3.05, 3.63) is 94.0 Å². The third-order valence-electron chi connectivity index (χ3n) is 4.48. The molecule has 0 aliphatic heterocycles. The summed E-state index contributed by atoms with van der Waals surface area (Å²) >= 11 is 11.9. The first-order valence-electron chi connectivity index (χ1n) is 9.31. The van der Waals surface area contributed by atoms with E-state index in [9.17, 15) is 23.1 Å². The molecule has 1 amide bonds. The molecule has 166 valence electrons. The lowest BCUT2D eigenvalue weighted by atomic mass is 10.1. The van der Waals surface area contributed by atoms with Crippen molar-refractivity contribution < 1.29 is 23.1 Å². The molecule has 1 atom stereocenters. The van der Waals surface area contributed by atoms with E-state index in [1.807, 2.05) is 0 Å². The monoisotopic (exact) mass is 492 g/mol. The maximum absolute atomic E-state index is 12.7. The first kappa shape index (κ1) is 23.7.